The lowest BCUT2D eigenvalue weighted by molar-refractivity contribution is 0.104. The minimum Gasteiger partial charge on any atom is -0.288 e. The summed E-state index contributed by atoms with van der Waals surface area (Å²) in [5, 5.41) is 6.42. The van der Waals surface area contributed by atoms with Crippen LogP contribution in [0.3, 0.4) is 0 Å². The topological polar surface area (TPSA) is 45.8 Å². The van der Waals surface area contributed by atoms with E-state index in [0.29, 0.717) is 5.69 Å². The van der Waals surface area contributed by atoms with E-state index < -0.39 is 0 Å². The van der Waals surface area contributed by atoms with Crippen LogP contribution in [0.5, 0.6) is 0 Å². The van der Waals surface area contributed by atoms with Crippen molar-refractivity contribution in [3.63, 3.8) is 0 Å². The highest BCUT2D eigenvalue weighted by atomic mass is 16.1. The Morgan fingerprint density at radius 3 is 3.30 bits per heavy atom. The number of hydrogen-bond acceptors (Lipinski definition) is 2. The van der Waals surface area contributed by atoms with Crippen LogP contribution in [0.25, 0.3) is 0 Å². The number of hydrogen-bond donors (Lipinski definition) is 1. The maximum absolute atomic E-state index is 11.0. The van der Waals surface area contributed by atoms with E-state index in [1.807, 2.05) is 6.08 Å². The number of ketones is 1. The van der Waals surface area contributed by atoms with Crippen molar-refractivity contribution in [2.24, 2.45) is 0 Å². The Morgan fingerprint density at radius 2 is 2.50 bits per heavy atom. The van der Waals surface area contributed by atoms with Gasteiger partial charge >= 0.3 is 0 Å². The van der Waals surface area contributed by atoms with Gasteiger partial charge in [0.25, 0.3) is 0 Å². The van der Waals surface area contributed by atoms with Crippen molar-refractivity contribution in [1.82, 2.24) is 10.2 Å². The number of H-pyrrole nitrogens is 1. The number of aromatic amines is 1. The van der Waals surface area contributed by atoms with E-state index in [-0.39, 0.29) is 5.78 Å². The van der Waals surface area contributed by atoms with Crippen LogP contribution < -0.4 is 0 Å². The Morgan fingerprint density at radius 1 is 1.60 bits per heavy atom. The maximum atomic E-state index is 11.0. The van der Waals surface area contributed by atoms with Gasteiger partial charge in [-0.15, -0.1) is 0 Å². The fourth-order valence-corrected chi connectivity index (χ4v) is 1.06. The van der Waals surface area contributed by atoms with Crippen LogP contribution in [0, 0.1) is 0 Å². The number of rotatable bonds is 0. The molecule has 3 heteroatoms. The normalized spacial score (nSPS) is 15.4. The molecule has 0 fully saturated rings. The Bertz CT molecular complexity index is 298. The molecule has 0 atom stereocenters. The molecule has 1 aliphatic carbocycles. The summed E-state index contributed by atoms with van der Waals surface area (Å²) < 4.78 is 0. The molecule has 0 bridgehead atoms. The number of fused-ring (bicyclic) bond motifs is 1. The molecule has 0 unspecified atom stereocenters. The Hall–Kier alpha value is -1.38. The highest BCUT2D eigenvalue weighted by Crippen LogP contribution is 2.11. The predicted octanol–water partition coefficient (Wildman–Crippen LogP) is 0.705. The first-order valence-corrected chi connectivity index (χ1v) is 3.11. The van der Waals surface area contributed by atoms with E-state index in [4.69, 9.17) is 0 Å². The Balaban J connectivity index is 2.58. The van der Waals surface area contributed by atoms with Gasteiger partial charge < -0.3 is 0 Å². The van der Waals surface area contributed by atoms with Crippen LogP contribution >= 0.6 is 0 Å². The van der Waals surface area contributed by atoms with Crippen LogP contribution in [0.15, 0.2) is 18.3 Å². The minimum absolute atomic E-state index is 0.0266. The number of nitrogens with one attached hydrogen (secondary N) is 1. The van der Waals surface area contributed by atoms with Crippen molar-refractivity contribution < 1.29 is 4.79 Å². The molecule has 0 radical (unpaired) electrons. The van der Waals surface area contributed by atoms with Crippen molar-refractivity contribution in [3.05, 3.63) is 29.6 Å². The molecular weight excluding hydrogens is 128 g/mol. The molecule has 50 valence electrons. The zero-order chi connectivity index (χ0) is 6.97. The van der Waals surface area contributed by atoms with Crippen molar-refractivity contribution >= 4 is 5.78 Å². The van der Waals surface area contributed by atoms with Crippen LogP contribution in [0.4, 0.5) is 0 Å². The van der Waals surface area contributed by atoms with Crippen LogP contribution in [-0.4, -0.2) is 16.0 Å². The van der Waals surface area contributed by atoms with E-state index in [9.17, 15) is 4.79 Å². The molecule has 0 saturated carbocycles. The highest BCUT2D eigenvalue weighted by Gasteiger charge is 2.13. The van der Waals surface area contributed by atoms with Crippen molar-refractivity contribution in [2.45, 2.75) is 6.42 Å². The molecule has 0 spiro atoms. The van der Waals surface area contributed by atoms with Crippen molar-refractivity contribution in [1.29, 1.82) is 0 Å². The lowest BCUT2D eigenvalue weighted by Gasteiger charge is -1.99. The summed E-state index contributed by atoms with van der Waals surface area (Å²) in [4.78, 5) is 11.0. The van der Waals surface area contributed by atoms with Gasteiger partial charge in [-0.05, 0) is 12.5 Å². The Kier molecular flexibility index (Phi) is 0.974. The molecule has 0 aliphatic heterocycles. The molecule has 3 nitrogen and oxygen atoms in total. The lowest BCUT2D eigenvalue weighted by atomic mass is 10.0. The largest absolute Gasteiger partial charge is 0.288 e. The average molecular weight is 134 g/mol. The van der Waals surface area contributed by atoms with Crippen LogP contribution in [-0.2, 0) is 6.42 Å². The molecule has 0 aromatic carbocycles. The van der Waals surface area contributed by atoms with E-state index >= 15 is 0 Å². The third-order valence-corrected chi connectivity index (χ3v) is 1.57. The first-order chi connectivity index (χ1) is 4.88. The van der Waals surface area contributed by atoms with Gasteiger partial charge in [0, 0.05) is 5.56 Å². The number of nitrogens with zero attached hydrogens (tertiary/aromatic N) is 1. The van der Waals surface area contributed by atoms with E-state index in [0.717, 1.165) is 12.0 Å². The van der Waals surface area contributed by atoms with Gasteiger partial charge in [0.2, 0.25) is 5.78 Å². The summed E-state index contributed by atoms with van der Waals surface area (Å²) in [6, 6.07) is 0. The second kappa shape index (κ2) is 1.80. The van der Waals surface area contributed by atoms with Gasteiger partial charge in [-0.25, -0.2) is 0 Å². The standard InChI is InChI=1S/C7H6N2O/c10-6-3-1-2-5-4-8-9-7(5)6/h1,3-4H,2H2,(H,8,9). The number of carbonyl (C=O) groups is 1. The molecule has 1 N–H and O–H groups in total. The third kappa shape index (κ3) is 0.603. The zero-order valence-corrected chi connectivity index (χ0v) is 5.29. The summed E-state index contributed by atoms with van der Waals surface area (Å²) in [7, 11) is 0. The van der Waals surface area contributed by atoms with Gasteiger partial charge in [-0.3, -0.25) is 9.89 Å². The average Bonchev–Trinajstić information content (AvgIpc) is 2.36. The smallest absolute Gasteiger partial charge is 0.203 e. The molecule has 2 rings (SSSR count). The summed E-state index contributed by atoms with van der Waals surface area (Å²) in [6.07, 6.45) is 5.93. The fourth-order valence-electron chi connectivity index (χ4n) is 1.06. The van der Waals surface area contributed by atoms with E-state index in [1.54, 1.807) is 12.3 Å². The second-order valence-electron chi connectivity index (χ2n) is 2.24. The summed E-state index contributed by atoms with van der Waals surface area (Å²) in [5.74, 6) is 0.0266. The fraction of sp³-hybridized carbons (Fsp3) is 0.143. The molecule has 1 aromatic rings. The number of allylic oxidation sites excluding steroid dienone is 2. The quantitative estimate of drug-likeness (QED) is 0.567. The SMILES string of the molecule is O=C1C=CCc2cn[nH]c21. The molecule has 10 heavy (non-hydrogen) atoms. The van der Waals surface area contributed by atoms with Crippen molar-refractivity contribution in [3.8, 4) is 0 Å². The van der Waals surface area contributed by atoms with Gasteiger partial charge in [-0.2, -0.15) is 5.10 Å². The summed E-state index contributed by atoms with van der Waals surface area (Å²) in [6.45, 7) is 0. The number of carbonyl (C=O) groups excluding carboxylic acids is 1. The lowest BCUT2D eigenvalue weighted by Crippen LogP contribution is -2.03. The van der Waals surface area contributed by atoms with E-state index in [2.05, 4.69) is 10.2 Å². The van der Waals surface area contributed by atoms with Gasteiger partial charge in [0.05, 0.1) is 6.20 Å². The van der Waals surface area contributed by atoms with Crippen molar-refractivity contribution in [2.75, 3.05) is 0 Å². The predicted molar refractivity (Wildman–Crippen MR) is 35.8 cm³/mol. The highest BCUT2D eigenvalue weighted by molar-refractivity contribution is 6.05. The number of aromatic nitrogens is 2. The van der Waals surface area contributed by atoms with Crippen LogP contribution in [0.1, 0.15) is 16.1 Å². The molecule has 0 saturated heterocycles. The summed E-state index contributed by atoms with van der Waals surface area (Å²) in [5.41, 5.74) is 1.63. The van der Waals surface area contributed by atoms with Gasteiger partial charge in [0.15, 0.2) is 0 Å². The van der Waals surface area contributed by atoms with Gasteiger partial charge in [0.1, 0.15) is 5.69 Å². The molecule has 1 aromatic heterocycles. The molecule has 1 heterocycles. The molecule has 1 aliphatic rings. The second-order valence-corrected chi connectivity index (χ2v) is 2.24. The van der Waals surface area contributed by atoms with Gasteiger partial charge in [-0.1, -0.05) is 6.08 Å². The monoisotopic (exact) mass is 134 g/mol. The van der Waals surface area contributed by atoms with E-state index in [1.165, 1.54) is 0 Å². The molecular formula is C7H6N2O. The molecule has 0 amide bonds. The first kappa shape index (κ1) is 5.41. The Labute approximate surface area is 57.8 Å². The maximum Gasteiger partial charge on any atom is 0.203 e. The third-order valence-electron chi connectivity index (χ3n) is 1.57. The minimum atomic E-state index is 0.0266. The zero-order valence-electron chi connectivity index (χ0n) is 5.29. The summed E-state index contributed by atoms with van der Waals surface area (Å²) >= 11 is 0. The first-order valence-electron chi connectivity index (χ1n) is 3.11. The van der Waals surface area contributed by atoms with Crippen LogP contribution in [0.2, 0.25) is 0 Å².